The lowest BCUT2D eigenvalue weighted by Crippen LogP contribution is -2.23. The van der Waals surface area contributed by atoms with Gasteiger partial charge in [0.15, 0.2) is 0 Å². The summed E-state index contributed by atoms with van der Waals surface area (Å²) in [6, 6.07) is 15.3. The van der Waals surface area contributed by atoms with Crippen LogP contribution in [0.1, 0.15) is 31.7 Å². The molecule has 1 heterocycles. The van der Waals surface area contributed by atoms with Crippen LogP contribution < -0.4 is 15.0 Å². The van der Waals surface area contributed by atoms with Crippen LogP contribution in [0.3, 0.4) is 0 Å². The molecule has 0 unspecified atom stereocenters. The monoisotopic (exact) mass is 352 g/mol. The van der Waals surface area contributed by atoms with E-state index in [0.29, 0.717) is 25.9 Å². The predicted molar refractivity (Wildman–Crippen MR) is 103 cm³/mol. The van der Waals surface area contributed by atoms with Gasteiger partial charge in [0.1, 0.15) is 5.75 Å². The van der Waals surface area contributed by atoms with E-state index in [4.69, 9.17) is 4.74 Å². The second kappa shape index (κ2) is 8.52. The van der Waals surface area contributed by atoms with E-state index in [9.17, 15) is 9.59 Å². The lowest BCUT2D eigenvalue weighted by atomic mass is 10.1. The van der Waals surface area contributed by atoms with Crippen LogP contribution in [0, 0.1) is 0 Å². The van der Waals surface area contributed by atoms with Crippen LogP contribution in [0.15, 0.2) is 48.5 Å². The number of hydrogen-bond acceptors (Lipinski definition) is 3. The summed E-state index contributed by atoms with van der Waals surface area (Å²) in [5.41, 5.74) is 2.66. The molecule has 0 atom stereocenters. The molecule has 5 nitrogen and oxygen atoms in total. The van der Waals surface area contributed by atoms with Gasteiger partial charge in [0, 0.05) is 30.8 Å². The van der Waals surface area contributed by atoms with Gasteiger partial charge in [-0.2, -0.15) is 0 Å². The quantitative estimate of drug-likeness (QED) is 0.825. The minimum atomic E-state index is -0.0382. The first-order chi connectivity index (χ1) is 12.7. The topological polar surface area (TPSA) is 58.6 Å². The van der Waals surface area contributed by atoms with Gasteiger partial charge in [0.25, 0.3) is 0 Å². The summed E-state index contributed by atoms with van der Waals surface area (Å²) in [5, 5.41) is 2.92. The molecule has 1 aliphatic rings. The van der Waals surface area contributed by atoms with Gasteiger partial charge < -0.3 is 15.0 Å². The minimum absolute atomic E-state index is 0.0382. The predicted octanol–water partition coefficient (Wildman–Crippen LogP) is 3.78. The van der Waals surface area contributed by atoms with Gasteiger partial charge in [-0.25, -0.2) is 0 Å². The molecule has 0 bridgehead atoms. The minimum Gasteiger partial charge on any atom is -0.494 e. The number of benzene rings is 2. The number of carbonyl (C=O) groups is 2. The lowest BCUT2D eigenvalue weighted by Gasteiger charge is -2.16. The Morgan fingerprint density at radius 2 is 2.00 bits per heavy atom. The number of carbonyl (C=O) groups excluding carboxylic acids is 2. The zero-order valence-corrected chi connectivity index (χ0v) is 15.0. The van der Waals surface area contributed by atoms with Crippen molar-refractivity contribution in [2.75, 3.05) is 23.4 Å². The summed E-state index contributed by atoms with van der Waals surface area (Å²) >= 11 is 0. The fraction of sp³-hybridized carbons (Fsp3) is 0.333. The summed E-state index contributed by atoms with van der Waals surface area (Å²) < 4.78 is 5.42. The van der Waals surface area contributed by atoms with Crippen LogP contribution in [-0.4, -0.2) is 25.0 Å². The van der Waals surface area contributed by atoms with Crippen LogP contribution in [0.5, 0.6) is 5.75 Å². The summed E-state index contributed by atoms with van der Waals surface area (Å²) in [7, 11) is 0. The first-order valence-corrected chi connectivity index (χ1v) is 9.07. The third-order valence-electron chi connectivity index (χ3n) is 4.39. The van der Waals surface area contributed by atoms with E-state index in [1.807, 2.05) is 55.5 Å². The molecule has 26 heavy (non-hydrogen) atoms. The van der Waals surface area contributed by atoms with Crippen LogP contribution in [0.2, 0.25) is 0 Å². The molecule has 1 N–H and O–H groups in total. The highest BCUT2D eigenvalue weighted by Crippen LogP contribution is 2.24. The van der Waals surface area contributed by atoms with E-state index in [2.05, 4.69) is 5.32 Å². The van der Waals surface area contributed by atoms with Gasteiger partial charge in [0.05, 0.1) is 6.61 Å². The van der Waals surface area contributed by atoms with Gasteiger partial charge in [-0.1, -0.05) is 18.2 Å². The maximum absolute atomic E-state index is 12.2. The van der Waals surface area contributed by atoms with E-state index in [1.54, 1.807) is 4.90 Å². The van der Waals surface area contributed by atoms with Crippen molar-refractivity contribution in [3.63, 3.8) is 0 Å². The van der Waals surface area contributed by atoms with E-state index < -0.39 is 0 Å². The SMILES string of the molecule is CCOc1ccc(CCC(=O)Nc2cccc(N3CCCC3=O)c2)cc1. The average molecular weight is 352 g/mol. The number of anilines is 2. The smallest absolute Gasteiger partial charge is 0.227 e. The first-order valence-electron chi connectivity index (χ1n) is 9.07. The standard InChI is InChI=1S/C21H24N2O3/c1-2-26-19-11-8-16(9-12-19)10-13-20(24)22-17-5-3-6-18(15-17)23-14-4-7-21(23)25/h3,5-6,8-9,11-12,15H,2,4,7,10,13-14H2,1H3,(H,22,24). The fourth-order valence-electron chi connectivity index (χ4n) is 3.07. The average Bonchev–Trinajstić information content (AvgIpc) is 3.08. The molecule has 1 fully saturated rings. The van der Waals surface area contributed by atoms with E-state index >= 15 is 0 Å². The summed E-state index contributed by atoms with van der Waals surface area (Å²) in [6.45, 7) is 3.34. The van der Waals surface area contributed by atoms with Crippen molar-refractivity contribution in [3.8, 4) is 5.75 Å². The maximum Gasteiger partial charge on any atom is 0.227 e. The van der Waals surface area contributed by atoms with Crippen LogP contribution in [0.25, 0.3) is 0 Å². The second-order valence-electron chi connectivity index (χ2n) is 6.32. The van der Waals surface area contributed by atoms with Crippen molar-refractivity contribution in [1.82, 2.24) is 0 Å². The highest BCUT2D eigenvalue weighted by molar-refractivity contribution is 5.97. The van der Waals surface area contributed by atoms with Crippen molar-refractivity contribution in [2.45, 2.75) is 32.6 Å². The highest BCUT2D eigenvalue weighted by atomic mass is 16.5. The van der Waals surface area contributed by atoms with Gasteiger partial charge in [-0.15, -0.1) is 0 Å². The zero-order valence-electron chi connectivity index (χ0n) is 15.0. The molecule has 2 amide bonds. The van der Waals surface area contributed by atoms with Gasteiger partial charge in [0.2, 0.25) is 11.8 Å². The Morgan fingerprint density at radius 3 is 2.69 bits per heavy atom. The molecular weight excluding hydrogens is 328 g/mol. The molecule has 1 aliphatic heterocycles. The Hall–Kier alpha value is -2.82. The normalized spacial score (nSPS) is 13.7. The molecule has 0 spiro atoms. The summed E-state index contributed by atoms with van der Waals surface area (Å²) in [6.07, 6.45) is 2.56. The molecule has 0 radical (unpaired) electrons. The number of amides is 2. The summed E-state index contributed by atoms with van der Waals surface area (Å²) in [5.74, 6) is 0.946. The first kappa shape index (κ1) is 18.0. The molecule has 2 aromatic rings. The van der Waals surface area contributed by atoms with Gasteiger partial charge in [-0.05, 0) is 55.7 Å². The number of ether oxygens (including phenoxy) is 1. The Kier molecular flexibility index (Phi) is 5.89. The zero-order chi connectivity index (χ0) is 18.4. The maximum atomic E-state index is 12.2. The van der Waals surface area contributed by atoms with Crippen LogP contribution in [-0.2, 0) is 16.0 Å². The number of rotatable bonds is 7. The molecule has 5 heteroatoms. The Bertz CT molecular complexity index is 771. The van der Waals surface area contributed by atoms with Gasteiger partial charge in [-0.3, -0.25) is 9.59 Å². The van der Waals surface area contributed by atoms with Crippen molar-refractivity contribution < 1.29 is 14.3 Å². The molecule has 3 rings (SSSR count). The number of nitrogens with zero attached hydrogens (tertiary/aromatic N) is 1. The van der Waals surface area contributed by atoms with E-state index in [-0.39, 0.29) is 11.8 Å². The molecule has 0 aliphatic carbocycles. The number of nitrogens with one attached hydrogen (secondary N) is 1. The van der Waals surface area contributed by atoms with Crippen molar-refractivity contribution >= 4 is 23.2 Å². The molecule has 136 valence electrons. The molecule has 0 saturated carbocycles. The molecular formula is C21H24N2O3. The molecule has 0 aromatic heterocycles. The number of aryl methyl sites for hydroxylation is 1. The Morgan fingerprint density at radius 1 is 1.19 bits per heavy atom. The number of hydrogen-bond donors (Lipinski definition) is 1. The van der Waals surface area contributed by atoms with Crippen molar-refractivity contribution in [1.29, 1.82) is 0 Å². The molecule has 2 aromatic carbocycles. The second-order valence-corrected chi connectivity index (χ2v) is 6.32. The van der Waals surface area contributed by atoms with E-state index in [0.717, 1.165) is 35.7 Å². The Balaban J connectivity index is 1.54. The van der Waals surface area contributed by atoms with Crippen molar-refractivity contribution in [2.24, 2.45) is 0 Å². The van der Waals surface area contributed by atoms with Gasteiger partial charge >= 0.3 is 0 Å². The molecule has 1 saturated heterocycles. The van der Waals surface area contributed by atoms with Crippen LogP contribution >= 0.6 is 0 Å². The highest BCUT2D eigenvalue weighted by Gasteiger charge is 2.21. The summed E-state index contributed by atoms with van der Waals surface area (Å²) in [4.78, 5) is 25.9. The largest absolute Gasteiger partial charge is 0.494 e. The third kappa shape index (κ3) is 4.63. The van der Waals surface area contributed by atoms with Crippen molar-refractivity contribution in [3.05, 3.63) is 54.1 Å². The fourth-order valence-corrected chi connectivity index (χ4v) is 3.07. The lowest BCUT2D eigenvalue weighted by molar-refractivity contribution is -0.117. The Labute approximate surface area is 154 Å². The van der Waals surface area contributed by atoms with Crippen LogP contribution in [0.4, 0.5) is 11.4 Å². The third-order valence-corrected chi connectivity index (χ3v) is 4.39. The van der Waals surface area contributed by atoms with E-state index in [1.165, 1.54) is 0 Å².